The summed E-state index contributed by atoms with van der Waals surface area (Å²) in [7, 11) is 0. The lowest BCUT2D eigenvalue weighted by molar-refractivity contribution is -0.137. The minimum atomic E-state index is -0.897. The van der Waals surface area contributed by atoms with Gasteiger partial charge in [-0.15, -0.1) is 0 Å². The monoisotopic (exact) mass is 301 g/mol. The molecule has 0 unspecified atom stereocenters. The molecule has 116 valence electrons. The normalized spacial score (nSPS) is 10.7. The zero-order valence-corrected chi connectivity index (χ0v) is 12.6. The number of aryl methyl sites for hydroxylation is 1. The first kappa shape index (κ1) is 15.8. The molecule has 0 saturated carbocycles. The second-order valence-electron chi connectivity index (χ2n) is 5.37. The van der Waals surface area contributed by atoms with Gasteiger partial charge < -0.3 is 10.4 Å². The zero-order chi connectivity index (χ0) is 16.1. The van der Waals surface area contributed by atoms with Crippen LogP contribution in [0.25, 0.3) is 0 Å². The predicted molar refractivity (Wildman–Crippen MR) is 83.0 cm³/mol. The Bertz CT molecular complexity index is 660. The molecule has 0 radical (unpaired) electrons. The van der Waals surface area contributed by atoms with Crippen molar-refractivity contribution >= 4 is 17.6 Å². The highest BCUT2D eigenvalue weighted by molar-refractivity contribution is 6.03. The van der Waals surface area contributed by atoms with Gasteiger partial charge in [0.05, 0.1) is 24.7 Å². The molecule has 1 heterocycles. The molecule has 0 aliphatic heterocycles. The molecule has 2 aromatic rings. The standard InChI is InChI=1S/C16H19N3O3/c1-11(2)12-3-5-14(6-4-12)18-16(22)13-9-17-19(10-13)8-7-15(20)21/h3-6,9-11H,7-8H2,1-2H3,(H,18,22)(H,20,21). The largest absolute Gasteiger partial charge is 0.481 e. The van der Waals surface area contributed by atoms with Crippen LogP contribution in [0, 0.1) is 0 Å². The van der Waals surface area contributed by atoms with Crippen molar-refractivity contribution < 1.29 is 14.7 Å². The van der Waals surface area contributed by atoms with E-state index in [9.17, 15) is 9.59 Å². The topological polar surface area (TPSA) is 84.2 Å². The Morgan fingerprint density at radius 3 is 2.55 bits per heavy atom. The highest BCUT2D eigenvalue weighted by Crippen LogP contribution is 2.17. The third-order valence-electron chi connectivity index (χ3n) is 3.29. The second kappa shape index (κ2) is 6.89. The van der Waals surface area contributed by atoms with E-state index >= 15 is 0 Å². The number of benzene rings is 1. The lowest BCUT2D eigenvalue weighted by Crippen LogP contribution is -2.11. The number of nitrogens with zero attached hydrogens (tertiary/aromatic N) is 2. The number of carboxylic acid groups (broad SMARTS) is 1. The van der Waals surface area contributed by atoms with Gasteiger partial charge in [-0.05, 0) is 23.6 Å². The molecule has 1 aromatic heterocycles. The van der Waals surface area contributed by atoms with E-state index in [0.717, 1.165) is 0 Å². The first-order valence-corrected chi connectivity index (χ1v) is 7.11. The summed E-state index contributed by atoms with van der Waals surface area (Å²) in [5.41, 5.74) is 2.32. The van der Waals surface area contributed by atoms with E-state index in [4.69, 9.17) is 5.11 Å². The third-order valence-corrected chi connectivity index (χ3v) is 3.29. The molecule has 2 N–H and O–H groups in total. The van der Waals surface area contributed by atoms with Gasteiger partial charge in [0.25, 0.3) is 5.91 Å². The smallest absolute Gasteiger partial charge is 0.305 e. The molecule has 6 nitrogen and oxygen atoms in total. The molecule has 0 aliphatic rings. The molecule has 0 bridgehead atoms. The van der Waals surface area contributed by atoms with E-state index < -0.39 is 5.97 Å². The third kappa shape index (κ3) is 4.18. The number of aromatic nitrogens is 2. The molecule has 6 heteroatoms. The van der Waals surface area contributed by atoms with Gasteiger partial charge in [-0.3, -0.25) is 14.3 Å². The number of amides is 1. The Balaban J connectivity index is 1.98. The summed E-state index contributed by atoms with van der Waals surface area (Å²) in [5.74, 6) is -0.720. The highest BCUT2D eigenvalue weighted by Gasteiger charge is 2.10. The Morgan fingerprint density at radius 2 is 1.95 bits per heavy atom. The highest BCUT2D eigenvalue weighted by atomic mass is 16.4. The number of carbonyl (C=O) groups excluding carboxylic acids is 1. The number of carbonyl (C=O) groups is 2. The number of hydrogen-bond donors (Lipinski definition) is 2. The van der Waals surface area contributed by atoms with Gasteiger partial charge in [0.15, 0.2) is 0 Å². The molecular formula is C16H19N3O3. The number of hydrogen-bond acceptors (Lipinski definition) is 3. The Morgan fingerprint density at radius 1 is 1.27 bits per heavy atom. The SMILES string of the molecule is CC(C)c1ccc(NC(=O)c2cnn(CCC(=O)O)c2)cc1. The van der Waals surface area contributed by atoms with Crippen molar-refractivity contribution in [3.05, 3.63) is 47.8 Å². The summed E-state index contributed by atoms with van der Waals surface area (Å²) in [5, 5.41) is 15.4. The fraction of sp³-hybridized carbons (Fsp3) is 0.312. The molecule has 0 saturated heterocycles. The van der Waals surface area contributed by atoms with Gasteiger partial charge in [-0.25, -0.2) is 0 Å². The Labute approximate surface area is 128 Å². The van der Waals surface area contributed by atoms with Crippen molar-refractivity contribution in [2.24, 2.45) is 0 Å². The number of nitrogens with one attached hydrogen (secondary N) is 1. The number of carboxylic acids is 1. The van der Waals surface area contributed by atoms with Gasteiger partial charge in [0.2, 0.25) is 0 Å². The van der Waals surface area contributed by atoms with Gasteiger partial charge in [-0.2, -0.15) is 5.10 Å². The van der Waals surface area contributed by atoms with Gasteiger partial charge in [0.1, 0.15) is 0 Å². The summed E-state index contributed by atoms with van der Waals surface area (Å²) < 4.78 is 1.45. The summed E-state index contributed by atoms with van der Waals surface area (Å²) in [6, 6.07) is 7.69. The van der Waals surface area contributed by atoms with Crippen molar-refractivity contribution in [2.75, 3.05) is 5.32 Å². The van der Waals surface area contributed by atoms with E-state index in [1.165, 1.54) is 16.4 Å². The van der Waals surface area contributed by atoms with Crippen LogP contribution in [0.3, 0.4) is 0 Å². The van der Waals surface area contributed by atoms with Gasteiger partial charge >= 0.3 is 5.97 Å². The molecule has 1 amide bonds. The summed E-state index contributed by atoms with van der Waals surface area (Å²) in [4.78, 5) is 22.6. The van der Waals surface area contributed by atoms with Crippen LogP contribution >= 0.6 is 0 Å². The molecule has 22 heavy (non-hydrogen) atoms. The number of anilines is 1. The van der Waals surface area contributed by atoms with E-state index in [0.29, 0.717) is 17.2 Å². The van der Waals surface area contributed by atoms with Crippen LogP contribution in [-0.4, -0.2) is 26.8 Å². The van der Waals surface area contributed by atoms with Crippen LogP contribution < -0.4 is 5.32 Å². The fourth-order valence-electron chi connectivity index (χ4n) is 1.97. The number of rotatable bonds is 6. The Kier molecular flexibility index (Phi) is 4.93. The molecular weight excluding hydrogens is 282 g/mol. The van der Waals surface area contributed by atoms with Crippen LogP contribution in [-0.2, 0) is 11.3 Å². The average molecular weight is 301 g/mol. The zero-order valence-electron chi connectivity index (χ0n) is 12.6. The quantitative estimate of drug-likeness (QED) is 0.859. The maximum Gasteiger partial charge on any atom is 0.305 e. The fourth-order valence-corrected chi connectivity index (χ4v) is 1.97. The summed E-state index contributed by atoms with van der Waals surface area (Å²) in [6.07, 6.45) is 2.94. The molecule has 0 aliphatic carbocycles. The van der Waals surface area contributed by atoms with E-state index in [-0.39, 0.29) is 18.9 Å². The number of aliphatic carboxylic acids is 1. The van der Waals surface area contributed by atoms with Crippen molar-refractivity contribution in [3.63, 3.8) is 0 Å². The van der Waals surface area contributed by atoms with Crippen LogP contribution in [0.15, 0.2) is 36.7 Å². The van der Waals surface area contributed by atoms with Crippen LogP contribution in [0.5, 0.6) is 0 Å². The van der Waals surface area contributed by atoms with Gasteiger partial charge in [0, 0.05) is 11.9 Å². The average Bonchev–Trinajstić information content (AvgIpc) is 2.94. The minimum absolute atomic E-state index is 0.0284. The van der Waals surface area contributed by atoms with Crippen molar-refractivity contribution in [2.45, 2.75) is 32.7 Å². The second-order valence-corrected chi connectivity index (χ2v) is 5.37. The van der Waals surface area contributed by atoms with E-state index in [2.05, 4.69) is 24.3 Å². The lowest BCUT2D eigenvalue weighted by Gasteiger charge is -2.07. The first-order valence-electron chi connectivity index (χ1n) is 7.11. The summed E-state index contributed by atoms with van der Waals surface area (Å²) >= 11 is 0. The minimum Gasteiger partial charge on any atom is -0.481 e. The first-order chi connectivity index (χ1) is 10.5. The van der Waals surface area contributed by atoms with E-state index in [1.54, 1.807) is 6.20 Å². The predicted octanol–water partition coefficient (Wildman–Crippen LogP) is 2.73. The van der Waals surface area contributed by atoms with Gasteiger partial charge in [-0.1, -0.05) is 26.0 Å². The maximum absolute atomic E-state index is 12.1. The van der Waals surface area contributed by atoms with Crippen LogP contribution in [0.1, 0.15) is 42.1 Å². The summed E-state index contributed by atoms with van der Waals surface area (Å²) in [6.45, 7) is 4.46. The van der Waals surface area contributed by atoms with Crippen molar-refractivity contribution in [1.82, 2.24) is 9.78 Å². The van der Waals surface area contributed by atoms with Crippen LogP contribution in [0.2, 0.25) is 0 Å². The maximum atomic E-state index is 12.1. The molecule has 1 aromatic carbocycles. The lowest BCUT2D eigenvalue weighted by atomic mass is 10.0. The van der Waals surface area contributed by atoms with Crippen molar-refractivity contribution in [1.29, 1.82) is 0 Å². The van der Waals surface area contributed by atoms with E-state index in [1.807, 2.05) is 24.3 Å². The molecule has 0 spiro atoms. The molecule has 0 atom stereocenters. The molecule has 2 rings (SSSR count). The van der Waals surface area contributed by atoms with Crippen LogP contribution in [0.4, 0.5) is 5.69 Å². The van der Waals surface area contributed by atoms with Crippen molar-refractivity contribution in [3.8, 4) is 0 Å². The molecule has 0 fully saturated rings. The Hall–Kier alpha value is -2.63.